The number of anilines is 2. The molecule has 0 spiro atoms. The van der Waals surface area contributed by atoms with Gasteiger partial charge in [-0.05, 0) is 55.5 Å². The zero-order valence-electron chi connectivity index (χ0n) is 18.4. The number of benzene rings is 1. The summed E-state index contributed by atoms with van der Waals surface area (Å²) in [6, 6.07) is 15.6. The molecule has 1 aliphatic rings. The Morgan fingerprint density at radius 2 is 2.06 bits per heavy atom. The number of hydrogen-bond donors (Lipinski definition) is 2. The molecule has 32 heavy (non-hydrogen) atoms. The first-order valence-corrected chi connectivity index (χ1v) is 11.1. The first-order valence-electron chi connectivity index (χ1n) is 10.7. The maximum absolute atomic E-state index is 11.9. The molecule has 0 saturated carbocycles. The van der Waals surface area contributed by atoms with Gasteiger partial charge in [0.1, 0.15) is 11.8 Å². The summed E-state index contributed by atoms with van der Waals surface area (Å²) < 4.78 is 7.80. The van der Waals surface area contributed by atoms with Gasteiger partial charge in [0.05, 0.1) is 24.5 Å². The molecule has 0 unspecified atom stereocenters. The van der Waals surface area contributed by atoms with Crippen LogP contribution in [0.15, 0.2) is 60.9 Å². The van der Waals surface area contributed by atoms with Crippen LogP contribution in [0.2, 0.25) is 0 Å². The summed E-state index contributed by atoms with van der Waals surface area (Å²) in [5, 5.41) is 6.97. The maximum atomic E-state index is 11.9. The van der Waals surface area contributed by atoms with Gasteiger partial charge in [0.2, 0.25) is 5.91 Å². The molecule has 1 fully saturated rings. The third-order valence-electron chi connectivity index (χ3n) is 5.66. The van der Waals surface area contributed by atoms with Crippen LogP contribution in [-0.4, -0.2) is 27.7 Å². The maximum Gasteiger partial charge on any atom is 0.224 e. The molecule has 0 aliphatic carbocycles. The first kappa shape index (κ1) is 21.8. The standard InChI is InChI=1S/C24H27N5O2S/c1-4-21(30)26-17-12-11-16(15-20(17)31-3)29-23(19-10-8-14-28(19)5-2)22(27-24(29)32)18-9-6-7-13-25-18/h6-15,22-23H,4-5H2,1-3H3,(H,26,30)(H,27,32)/t22-,23-/m1/s1. The number of pyridine rings is 1. The molecule has 0 bridgehead atoms. The minimum absolute atomic E-state index is 0.0664. The summed E-state index contributed by atoms with van der Waals surface area (Å²) >= 11 is 5.80. The molecule has 2 aromatic heterocycles. The zero-order valence-corrected chi connectivity index (χ0v) is 19.2. The molecule has 1 aliphatic heterocycles. The second kappa shape index (κ2) is 9.40. The zero-order chi connectivity index (χ0) is 22.7. The minimum atomic E-state index is -0.116. The Kier molecular flexibility index (Phi) is 6.41. The van der Waals surface area contributed by atoms with Gasteiger partial charge in [0.25, 0.3) is 0 Å². The topological polar surface area (TPSA) is 71.4 Å². The second-order valence-corrected chi connectivity index (χ2v) is 7.89. The number of aromatic nitrogens is 2. The van der Waals surface area contributed by atoms with Crippen LogP contribution in [0.25, 0.3) is 0 Å². The van der Waals surface area contributed by atoms with Crippen molar-refractivity contribution in [3.8, 4) is 5.75 Å². The van der Waals surface area contributed by atoms with Gasteiger partial charge in [-0.3, -0.25) is 9.78 Å². The van der Waals surface area contributed by atoms with Crippen molar-refractivity contribution in [2.45, 2.75) is 38.9 Å². The van der Waals surface area contributed by atoms with E-state index in [1.165, 1.54) is 0 Å². The van der Waals surface area contributed by atoms with E-state index in [9.17, 15) is 4.79 Å². The monoisotopic (exact) mass is 449 g/mol. The van der Waals surface area contributed by atoms with Crippen LogP contribution in [-0.2, 0) is 11.3 Å². The number of methoxy groups -OCH3 is 1. The normalized spacial score (nSPS) is 17.8. The van der Waals surface area contributed by atoms with Crippen molar-refractivity contribution in [1.82, 2.24) is 14.9 Å². The highest BCUT2D eigenvalue weighted by Gasteiger charge is 2.42. The predicted octanol–water partition coefficient (Wildman–Crippen LogP) is 4.44. The molecule has 4 rings (SSSR count). The molecule has 2 N–H and O–H groups in total. The molecule has 166 valence electrons. The fourth-order valence-corrected chi connectivity index (χ4v) is 4.43. The Labute approximate surface area is 193 Å². The average molecular weight is 450 g/mol. The summed E-state index contributed by atoms with van der Waals surface area (Å²) in [4.78, 5) is 18.6. The van der Waals surface area contributed by atoms with E-state index in [-0.39, 0.29) is 18.0 Å². The third kappa shape index (κ3) is 4.05. The molecular weight excluding hydrogens is 422 g/mol. The highest BCUT2D eigenvalue weighted by atomic mass is 32.1. The fourth-order valence-electron chi connectivity index (χ4n) is 4.09. The van der Waals surface area contributed by atoms with Crippen LogP contribution < -0.4 is 20.3 Å². The van der Waals surface area contributed by atoms with Crippen LogP contribution in [0.4, 0.5) is 11.4 Å². The van der Waals surface area contributed by atoms with Crippen molar-refractivity contribution < 1.29 is 9.53 Å². The molecule has 3 heterocycles. The van der Waals surface area contributed by atoms with Crippen molar-refractivity contribution in [1.29, 1.82) is 0 Å². The molecule has 1 amide bonds. The lowest BCUT2D eigenvalue weighted by Gasteiger charge is -2.29. The second-order valence-electron chi connectivity index (χ2n) is 7.50. The highest BCUT2D eigenvalue weighted by Crippen LogP contribution is 2.43. The van der Waals surface area contributed by atoms with Crippen molar-refractivity contribution in [2.24, 2.45) is 0 Å². The van der Waals surface area contributed by atoms with E-state index < -0.39 is 0 Å². The lowest BCUT2D eigenvalue weighted by atomic mass is 10.0. The molecule has 0 radical (unpaired) electrons. The lowest BCUT2D eigenvalue weighted by Crippen LogP contribution is -2.30. The number of nitrogens with one attached hydrogen (secondary N) is 2. The smallest absolute Gasteiger partial charge is 0.224 e. The minimum Gasteiger partial charge on any atom is -0.494 e. The van der Waals surface area contributed by atoms with Gasteiger partial charge in [-0.15, -0.1) is 0 Å². The molecule has 7 nitrogen and oxygen atoms in total. The van der Waals surface area contributed by atoms with Crippen LogP contribution in [0.3, 0.4) is 0 Å². The van der Waals surface area contributed by atoms with Gasteiger partial charge in [-0.2, -0.15) is 0 Å². The highest BCUT2D eigenvalue weighted by molar-refractivity contribution is 7.80. The molecule has 8 heteroatoms. The van der Waals surface area contributed by atoms with Crippen molar-refractivity contribution in [3.63, 3.8) is 0 Å². The number of carbonyl (C=O) groups excluding carboxylic acids is 1. The summed E-state index contributed by atoms with van der Waals surface area (Å²) in [5.74, 6) is 0.515. The SMILES string of the molecule is CCC(=O)Nc1ccc(N2C(=S)N[C@H](c3ccccn3)[C@H]2c2cccn2CC)cc1OC. The van der Waals surface area contributed by atoms with E-state index in [0.29, 0.717) is 23.0 Å². The van der Waals surface area contributed by atoms with E-state index in [1.807, 2.05) is 43.3 Å². The van der Waals surface area contributed by atoms with Crippen LogP contribution in [0, 0.1) is 0 Å². The lowest BCUT2D eigenvalue weighted by molar-refractivity contribution is -0.115. The van der Waals surface area contributed by atoms with Crippen molar-refractivity contribution >= 4 is 34.6 Å². The Hall–Kier alpha value is -3.39. The van der Waals surface area contributed by atoms with E-state index in [0.717, 1.165) is 23.6 Å². The van der Waals surface area contributed by atoms with Gasteiger partial charge >= 0.3 is 0 Å². The molecule has 1 aromatic carbocycles. The van der Waals surface area contributed by atoms with Crippen LogP contribution in [0.1, 0.15) is 43.7 Å². The van der Waals surface area contributed by atoms with E-state index in [1.54, 1.807) is 13.3 Å². The quantitative estimate of drug-likeness (QED) is 0.520. The number of rotatable bonds is 7. The van der Waals surface area contributed by atoms with E-state index in [2.05, 4.69) is 50.3 Å². The first-order chi connectivity index (χ1) is 15.6. The number of thiocarbonyl (C=S) groups is 1. The molecular formula is C24H27N5O2S. The van der Waals surface area contributed by atoms with Gasteiger partial charge < -0.3 is 24.8 Å². The molecule has 1 saturated heterocycles. The number of amides is 1. The van der Waals surface area contributed by atoms with Crippen molar-refractivity contribution in [2.75, 3.05) is 17.3 Å². The van der Waals surface area contributed by atoms with Gasteiger partial charge in [-0.1, -0.05) is 13.0 Å². The predicted molar refractivity (Wildman–Crippen MR) is 130 cm³/mol. The number of hydrogen-bond acceptors (Lipinski definition) is 4. The van der Waals surface area contributed by atoms with Gasteiger partial charge in [0, 0.05) is 42.8 Å². The molecule has 2 atom stereocenters. The summed E-state index contributed by atoms with van der Waals surface area (Å²) in [6.45, 7) is 4.79. The van der Waals surface area contributed by atoms with Crippen LogP contribution >= 0.6 is 12.2 Å². The summed E-state index contributed by atoms with van der Waals surface area (Å²) in [6.07, 6.45) is 4.27. The number of carbonyl (C=O) groups is 1. The number of aryl methyl sites for hydroxylation is 1. The Balaban J connectivity index is 1.79. The fraction of sp³-hybridized carbons (Fsp3) is 0.292. The van der Waals surface area contributed by atoms with Crippen molar-refractivity contribution in [3.05, 3.63) is 72.3 Å². The Morgan fingerprint density at radius 3 is 2.75 bits per heavy atom. The number of ether oxygens (including phenoxy) is 1. The van der Waals surface area contributed by atoms with E-state index in [4.69, 9.17) is 17.0 Å². The Morgan fingerprint density at radius 1 is 1.22 bits per heavy atom. The van der Waals surface area contributed by atoms with Crippen LogP contribution in [0.5, 0.6) is 5.75 Å². The van der Waals surface area contributed by atoms with Gasteiger partial charge in [-0.25, -0.2) is 0 Å². The van der Waals surface area contributed by atoms with E-state index >= 15 is 0 Å². The number of nitrogens with zero attached hydrogens (tertiary/aromatic N) is 3. The molecule has 3 aromatic rings. The summed E-state index contributed by atoms with van der Waals surface area (Å²) in [5.41, 5.74) is 3.57. The summed E-state index contributed by atoms with van der Waals surface area (Å²) in [7, 11) is 1.59. The van der Waals surface area contributed by atoms with Gasteiger partial charge in [0.15, 0.2) is 5.11 Å². The Bertz CT molecular complexity index is 1110. The average Bonchev–Trinajstić information content (AvgIpc) is 3.43. The third-order valence-corrected chi connectivity index (χ3v) is 5.98. The largest absolute Gasteiger partial charge is 0.494 e.